The maximum atomic E-state index is 14.4. The lowest BCUT2D eigenvalue weighted by Crippen LogP contribution is -2.40. The Bertz CT molecular complexity index is 1800. The Morgan fingerprint density at radius 3 is 2.31 bits per heavy atom. The molecule has 0 unspecified atom stereocenters. The van der Waals surface area contributed by atoms with Gasteiger partial charge < -0.3 is 15.0 Å². The molecule has 2 heterocycles. The van der Waals surface area contributed by atoms with Crippen molar-refractivity contribution in [2.24, 2.45) is 0 Å². The molecule has 7 nitrogen and oxygen atoms in total. The van der Waals surface area contributed by atoms with Crippen LogP contribution in [0.15, 0.2) is 95.9 Å². The minimum atomic E-state index is -0.376. The lowest BCUT2D eigenvalue weighted by Gasteiger charge is -2.28. The molecular weight excluding hydrogens is 560 g/mol. The van der Waals surface area contributed by atoms with Crippen LogP contribution in [0.2, 0.25) is 0 Å². The van der Waals surface area contributed by atoms with Gasteiger partial charge in [0.2, 0.25) is 0 Å². The van der Waals surface area contributed by atoms with E-state index in [1.165, 1.54) is 0 Å². The monoisotopic (exact) mass is 602 g/mol. The van der Waals surface area contributed by atoms with E-state index < -0.39 is 0 Å². The summed E-state index contributed by atoms with van der Waals surface area (Å²) in [4.78, 5) is 37.4. The fourth-order valence-corrected chi connectivity index (χ4v) is 5.65. The van der Waals surface area contributed by atoms with Crippen LogP contribution in [0.1, 0.15) is 76.0 Å². The van der Waals surface area contributed by atoms with Crippen molar-refractivity contribution < 1.29 is 9.53 Å². The van der Waals surface area contributed by atoms with Crippen molar-refractivity contribution in [1.29, 1.82) is 0 Å². The number of aromatic amines is 1. The molecule has 45 heavy (non-hydrogen) atoms. The predicted octanol–water partition coefficient (Wildman–Crippen LogP) is 9.25. The molecule has 2 N–H and O–H groups in total. The first-order valence-electron chi connectivity index (χ1n) is 15.8. The highest BCUT2D eigenvalue weighted by molar-refractivity contribution is 6.09. The second kappa shape index (κ2) is 14.2. The third kappa shape index (κ3) is 7.09. The molecule has 0 atom stereocenters. The number of rotatable bonds is 11. The number of fused-ring (bicyclic) bond motifs is 1. The van der Waals surface area contributed by atoms with Gasteiger partial charge in [0.25, 0.3) is 5.56 Å². The molecule has 0 saturated carbocycles. The van der Waals surface area contributed by atoms with Crippen molar-refractivity contribution in [3.63, 3.8) is 0 Å². The van der Waals surface area contributed by atoms with E-state index in [2.05, 4.69) is 62.0 Å². The molecule has 2 amide bonds. The van der Waals surface area contributed by atoms with E-state index in [4.69, 9.17) is 4.74 Å². The number of H-pyrrole nitrogens is 1. The number of hydrogen-bond donors (Lipinski definition) is 2. The predicted molar refractivity (Wildman–Crippen MR) is 184 cm³/mol. The molecule has 3 aromatic carbocycles. The number of benzene rings is 3. The third-order valence-electron chi connectivity index (χ3n) is 7.99. The van der Waals surface area contributed by atoms with E-state index >= 15 is 0 Å². The van der Waals surface area contributed by atoms with Crippen molar-refractivity contribution in [1.82, 2.24) is 9.97 Å². The van der Waals surface area contributed by atoms with Crippen molar-refractivity contribution in [2.75, 3.05) is 16.8 Å². The number of carbonyl (C=O) groups is 1. The number of hydrogen-bond acceptors (Lipinski definition) is 4. The Labute approximate surface area is 265 Å². The van der Waals surface area contributed by atoms with Crippen LogP contribution < -0.4 is 20.5 Å². The summed E-state index contributed by atoms with van der Waals surface area (Å²) in [5, 5.41) is 3.99. The Balaban J connectivity index is 1.64. The molecule has 5 rings (SSSR count). The Morgan fingerprint density at radius 1 is 0.911 bits per heavy atom. The van der Waals surface area contributed by atoms with Crippen LogP contribution in [-0.4, -0.2) is 22.5 Å². The zero-order valence-corrected chi connectivity index (χ0v) is 26.8. The Kier molecular flexibility index (Phi) is 9.98. The topological polar surface area (TPSA) is 87.3 Å². The van der Waals surface area contributed by atoms with Crippen molar-refractivity contribution in [3.8, 4) is 16.9 Å². The highest BCUT2D eigenvalue weighted by Gasteiger charge is 2.27. The second-order valence-electron chi connectivity index (χ2n) is 11.9. The van der Waals surface area contributed by atoms with E-state index in [0.29, 0.717) is 30.1 Å². The summed E-state index contributed by atoms with van der Waals surface area (Å²) in [5.41, 5.74) is 5.76. The van der Waals surface area contributed by atoms with Gasteiger partial charge in [-0.15, -0.1) is 0 Å². The molecule has 0 aliphatic carbocycles. The van der Waals surface area contributed by atoms with Crippen LogP contribution in [-0.2, 0) is 6.61 Å². The number of anilines is 2. The van der Waals surface area contributed by atoms with E-state index in [1.807, 2.05) is 72.8 Å². The van der Waals surface area contributed by atoms with Gasteiger partial charge in [0.15, 0.2) is 0 Å². The van der Waals surface area contributed by atoms with Gasteiger partial charge in [-0.3, -0.25) is 9.69 Å². The lowest BCUT2D eigenvalue weighted by molar-refractivity contribution is 0.256. The number of nitrogens with one attached hydrogen (secondary N) is 2. The van der Waals surface area contributed by atoms with Gasteiger partial charge in [-0.05, 0) is 64.8 Å². The van der Waals surface area contributed by atoms with Gasteiger partial charge >= 0.3 is 6.03 Å². The first-order chi connectivity index (χ1) is 21.8. The second-order valence-corrected chi connectivity index (χ2v) is 11.9. The SMILES string of the molecule is CCCCN(C(=O)Nc1c(C(C)C)cccc1C(C)C)c1c(-c2cccc(OCc3ccccc3)c2)c2cccnc2[nH]c1=O. The summed E-state index contributed by atoms with van der Waals surface area (Å²) in [6.07, 6.45) is 3.23. The highest BCUT2D eigenvalue weighted by Crippen LogP contribution is 2.37. The summed E-state index contributed by atoms with van der Waals surface area (Å²) >= 11 is 0. The average molecular weight is 603 g/mol. The normalized spacial score (nSPS) is 11.3. The van der Waals surface area contributed by atoms with Crippen LogP contribution in [0.25, 0.3) is 22.2 Å². The molecule has 5 aromatic rings. The van der Waals surface area contributed by atoms with Crippen LogP contribution in [0.3, 0.4) is 0 Å². The van der Waals surface area contributed by atoms with Crippen molar-refractivity contribution in [2.45, 2.75) is 65.9 Å². The number of amides is 2. The van der Waals surface area contributed by atoms with E-state index in [1.54, 1.807) is 11.1 Å². The molecule has 232 valence electrons. The largest absolute Gasteiger partial charge is 0.489 e. The van der Waals surface area contributed by atoms with E-state index in [0.717, 1.165) is 46.2 Å². The molecule has 0 fully saturated rings. The maximum absolute atomic E-state index is 14.4. The minimum Gasteiger partial charge on any atom is -0.489 e. The van der Waals surface area contributed by atoms with Crippen molar-refractivity contribution >= 4 is 28.4 Å². The molecule has 0 aliphatic rings. The number of ether oxygens (including phenoxy) is 1. The summed E-state index contributed by atoms with van der Waals surface area (Å²) in [6, 6.07) is 27.2. The summed E-state index contributed by atoms with van der Waals surface area (Å²) in [5.74, 6) is 1.07. The van der Waals surface area contributed by atoms with E-state index in [9.17, 15) is 9.59 Å². The van der Waals surface area contributed by atoms with Crippen LogP contribution >= 0.6 is 0 Å². The Morgan fingerprint density at radius 2 is 1.62 bits per heavy atom. The van der Waals surface area contributed by atoms with E-state index in [-0.39, 0.29) is 29.1 Å². The Hall–Kier alpha value is -4.91. The third-order valence-corrected chi connectivity index (χ3v) is 7.99. The molecule has 0 radical (unpaired) electrons. The molecule has 0 saturated heterocycles. The molecule has 2 aromatic heterocycles. The average Bonchev–Trinajstić information content (AvgIpc) is 3.04. The van der Waals surface area contributed by atoms with Gasteiger partial charge in [0.1, 0.15) is 23.7 Å². The maximum Gasteiger partial charge on any atom is 0.326 e. The highest BCUT2D eigenvalue weighted by atomic mass is 16.5. The van der Waals surface area contributed by atoms with Crippen LogP contribution in [0.4, 0.5) is 16.2 Å². The lowest BCUT2D eigenvalue weighted by atomic mass is 9.92. The number of carbonyl (C=O) groups excluding carboxylic acids is 1. The summed E-state index contributed by atoms with van der Waals surface area (Å²) < 4.78 is 6.16. The standard InChI is InChI=1S/C38H42N4O3/c1-6-7-22-42(38(44)40-34-30(25(2)3)18-12-19-31(34)26(4)5)35-33(32-20-13-21-39-36(32)41-37(35)43)28-16-11-17-29(23-28)45-24-27-14-9-8-10-15-27/h8-21,23,25-26H,6-7,22,24H2,1-5H3,(H,40,44)(H,39,41,43). The first-order valence-corrected chi connectivity index (χ1v) is 15.8. The molecule has 0 spiro atoms. The number of nitrogens with zero attached hydrogens (tertiary/aromatic N) is 2. The summed E-state index contributed by atoms with van der Waals surface area (Å²) in [7, 11) is 0. The number of aromatic nitrogens is 2. The smallest absolute Gasteiger partial charge is 0.326 e. The zero-order valence-electron chi connectivity index (χ0n) is 26.8. The number of unbranched alkanes of at least 4 members (excludes halogenated alkanes) is 1. The number of para-hydroxylation sites is 1. The van der Waals surface area contributed by atoms with Gasteiger partial charge in [-0.25, -0.2) is 9.78 Å². The van der Waals surface area contributed by atoms with Gasteiger partial charge in [0, 0.05) is 29.4 Å². The van der Waals surface area contributed by atoms with Gasteiger partial charge in [0.05, 0.1) is 0 Å². The van der Waals surface area contributed by atoms with Crippen LogP contribution in [0.5, 0.6) is 5.75 Å². The molecular formula is C38H42N4O3. The molecule has 7 heteroatoms. The van der Waals surface area contributed by atoms with Gasteiger partial charge in [-0.2, -0.15) is 0 Å². The fourth-order valence-electron chi connectivity index (χ4n) is 5.65. The van der Waals surface area contributed by atoms with Gasteiger partial charge in [-0.1, -0.05) is 102 Å². The molecule has 0 aliphatic heterocycles. The molecule has 0 bridgehead atoms. The minimum absolute atomic E-state index is 0.201. The first kappa shape index (κ1) is 31.5. The number of urea groups is 1. The summed E-state index contributed by atoms with van der Waals surface area (Å²) in [6.45, 7) is 11.3. The zero-order chi connectivity index (χ0) is 31.9. The number of pyridine rings is 2. The fraction of sp³-hybridized carbons (Fsp3) is 0.289. The van der Waals surface area contributed by atoms with Crippen molar-refractivity contribution in [3.05, 3.63) is 118 Å². The van der Waals surface area contributed by atoms with Crippen LogP contribution in [0, 0.1) is 0 Å². The quantitative estimate of drug-likeness (QED) is 0.158.